The van der Waals surface area contributed by atoms with Gasteiger partial charge in [0.25, 0.3) is 5.91 Å². The molecular weight excluding hydrogens is 406 g/mol. The van der Waals surface area contributed by atoms with Crippen LogP contribution in [0.25, 0.3) is 0 Å². The topological polar surface area (TPSA) is 87.7 Å². The zero-order chi connectivity index (χ0) is 23.3. The Balaban J connectivity index is 1.87. The summed E-state index contributed by atoms with van der Waals surface area (Å²) in [6, 6.07) is 14.5. The number of carbonyl (C=O) groups is 3. The number of anilines is 1. The molecule has 0 fully saturated rings. The summed E-state index contributed by atoms with van der Waals surface area (Å²) < 4.78 is 5.08. The van der Waals surface area contributed by atoms with E-state index in [2.05, 4.69) is 17.6 Å². The quantitative estimate of drug-likeness (QED) is 0.529. The average molecular weight is 440 g/mol. The number of hydrogen-bond donors (Lipinski definition) is 2. The van der Waals surface area contributed by atoms with Crippen molar-refractivity contribution in [3.05, 3.63) is 59.7 Å². The van der Waals surface area contributed by atoms with Crippen molar-refractivity contribution in [2.45, 2.75) is 39.5 Å². The first kappa shape index (κ1) is 24.9. The van der Waals surface area contributed by atoms with E-state index >= 15 is 0 Å². The van der Waals surface area contributed by atoms with Crippen LogP contribution in [0.3, 0.4) is 0 Å². The molecule has 0 atom stereocenters. The molecule has 3 amide bonds. The molecule has 0 heterocycles. The van der Waals surface area contributed by atoms with Gasteiger partial charge in [-0.15, -0.1) is 0 Å². The Morgan fingerprint density at radius 3 is 2.19 bits per heavy atom. The maximum atomic E-state index is 12.9. The third-order valence-corrected chi connectivity index (χ3v) is 4.95. The lowest BCUT2D eigenvalue weighted by Gasteiger charge is -2.22. The standard InChI is InChI=1S/C25H33N3O4/c1-4-6-7-19-8-10-20(11-9-19)25(31)28(16-5-2)18-24(30)26-17-23(29)27-21-12-14-22(32-3)15-13-21/h8-15H,4-7,16-18H2,1-3H3,(H,26,30)(H,27,29). The number of aryl methyl sites for hydroxylation is 1. The Labute approximate surface area is 190 Å². The van der Waals surface area contributed by atoms with Crippen molar-refractivity contribution in [3.8, 4) is 5.75 Å². The lowest BCUT2D eigenvalue weighted by atomic mass is 10.1. The van der Waals surface area contributed by atoms with Crippen LogP contribution in [0.5, 0.6) is 5.75 Å². The van der Waals surface area contributed by atoms with Gasteiger partial charge in [0.05, 0.1) is 20.2 Å². The molecule has 2 aromatic rings. The van der Waals surface area contributed by atoms with Crippen LogP contribution in [0.2, 0.25) is 0 Å². The van der Waals surface area contributed by atoms with E-state index in [1.165, 1.54) is 10.5 Å². The Morgan fingerprint density at radius 2 is 1.59 bits per heavy atom. The number of carbonyl (C=O) groups excluding carboxylic acids is 3. The van der Waals surface area contributed by atoms with Crippen LogP contribution in [-0.4, -0.2) is 49.4 Å². The zero-order valence-electron chi connectivity index (χ0n) is 19.1. The summed E-state index contributed by atoms with van der Waals surface area (Å²) in [6.07, 6.45) is 3.95. The van der Waals surface area contributed by atoms with E-state index in [0.29, 0.717) is 23.5 Å². The third kappa shape index (κ3) is 8.06. The van der Waals surface area contributed by atoms with Crippen molar-refractivity contribution in [1.29, 1.82) is 0 Å². The fraction of sp³-hybridized carbons (Fsp3) is 0.400. The van der Waals surface area contributed by atoms with E-state index in [1.54, 1.807) is 31.4 Å². The van der Waals surface area contributed by atoms with E-state index in [-0.39, 0.29) is 30.8 Å². The summed E-state index contributed by atoms with van der Waals surface area (Å²) in [4.78, 5) is 38.9. The Bertz CT molecular complexity index is 879. The molecule has 0 aliphatic carbocycles. The third-order valence-electron chi connectivity index (χ3n) is 4.95. The normalized spacial score (nSPS) is 10.3. The molecule has 2 N–H and O–H groups in total. The van der Waals surface area contributed by atoms with Crippen LogP contribution < -0.4 is 15.4 Å². The van der Waals surface area contributed by atoms with Gasteiger partial charge in [0, 0.05) is 17.8 Å². The van der Waals surface area contributed by atoms with E-state index < -0.39 is 0 Å². The van der Waals surface area contributed by atoms with Gasteiger partial charge in [-0.1, -0.05) is 32.4 Å². The Kier molecular flexibility index (Phi) is 10.2. The summed E-state index contributed by atoms with van der Waals surface area (Å²) in [5.74, 6) is -0.227. The molecule has 0 saturated carbocycles. The highest BCUT2D eigenvalue weighted by Crippen LogP contribution is 2.15. The molecule has 0 spiro atoms. The minimum Gasteiger partial charge on any atom is -0.497 e. The van der Waals surface area contributed by atoms with Crippen LogP contribution in [0.15, 0.2) is 48.5 Å². The summed E-state index contributed by atoms with van der Waals surface area (Å²) in [5, 5.41) is 5.29. The molecule has 0 saturated heterocycles. The maximum absolute atomic E-state index is 12.9. The first-order chi connectivity index (χ1) is 15.5. The fourth-order valence-electron chi connectivity index (χ4n) is 3.19. The predicted octanol–water partition coefficient (Wildman–Crippen LogP) is 3.64. The summed E-state index contributed by atoms with van der Waals surface area (Å²) in [6.45, 7) is 4.29. The minimum absolute atomic E-state index is 0.0971. The maximum Gasteiger partial charge on any atom is 0.254 e. The van der Waals surface area contributed by atoms with Gasteiger partial charge >= 0.3 is 0 Å². The smallest absolute Gasteiger partial charge is 0.254 e. The van der Waals surface area contributed by atoms with Crippen LogP contribution in [0, 0.1) is 0 Å². The zero-order valence-corrected chi connectivity index (χ0v) is 19.1. The number of nitrogens with one attached hydrogen (secondary N) is 2. The number of methoxy groups -OCH3 is 1. The number of rotatable bonds is 12. The second-order valence-electron chi connectivity index (χ2n) is 7.58. The monoisotopic (exact) mass is 439 g/mol. The molecule has 0 radical (unpaired) electrons. The van der Waals surface area contributed by atoms with E-state index in [9.17, 15) is 14.4 Å². The van der Waals surface area contributed by atoms with Crippen LogP contribution in [0.1, 0.15) is 49.0 Å². The second-order valence-corrected chi connectivity index (χ2v) is 7.58. The molecular formula is C25H33N3O4. The second kappa shape index (κ2) is 13.1. The van der Waals surface area contributed by atoms with Crippen LogP contribution in [0.4, 0.5) is 5.69 Å². The predicted molar refractivity (Wildman–Crippen MR) is 126 cm³/mol. The Hall–Kier alpha value is -3.35. The number of nitrogens with zero attached hydrogens (tertiary/aromatic N) is 1. The van der Waals surface area contributed by atoms with Gasteiger partial charge < -0.3 is 20.3 Å². The average Bonchev–Trinajstić information content (AvgIpc) is 2.81. The molecule has 0 aliphatic heterocycles. The molecule has 7 nitrogen and oxygen atoms in total. The molecule has 0 aliphatic rings. The van der Waals surface area contributed by atoms with E-state index in [1.807, 2.05) is 31.2 Å². The van der Waals surface area contributed by atoms with Crippen LogP contribution >= 0.6 is 0 Å². The largest absolute Gasteiger partial charge is 0.497 e. The number of ether oxygens (including phenoxy) is 1. The summed E-state index contributed by atoms with van der Waals surface area (Å²) in [5.41, 5.74) is 2.37. The van der Waals surface area contributed by atoms with Crippen molar-refractivity contribution in [2.24, 2.45) is 0 Å². The SMILES string of the molecule is CCCCc1ccc(C(=O)N(CCC)CC(=O)NCC(=O)Nc2ccc(OC)cc2)cc1. The van der Waals surface area contributed by atoms with Gasteiger partial charge in [0.2, 0.25) is 11.8 Å². The first-order valence-corrected chi connectivity index (χ1v) is 11.1. The first-order valence-electron chi connectivity index (χ1n) is 11.1. The molecule has 0 unspecified atom stereocenters. The van der Waals surface area contributed by atoms with Gasteiger partial charge in [0.15, 0.2) is 0 Å². The van der Waals surface area contributed by atoms with Gasteiger partial charge in [-0.25, -0.2) is 0 Å². The van der Waals surface area contributed by atoms with Gasteiger partial charge in [0.1, 0.15) is 5.75 Å². The van der Waals surface area contributed by atoms with Crippen molar-refractivity contribution in [2.75, 3.05) is 32.1 Å². The molecule has 7 heteroatoms. The van der Waals surface area contributed by atoms with Gasteiger partial charge in [-0.3, -0.25) is 14.4 Å². The van der Waals surface area contributed by atoms with Crippen molar-refractivity contribution in [1.82, 2.24) is 10.2 Å². The highest BCUT2D eigenvalue weighted by atomic mass is 16.5. The lowest BCUT2D eigenvalue weighted by Crippen LogP contribution is -2.43. The highest BCUT2D eigenvalue weighted by Gasteiger charge is 2.18. The number of amides is 3. The molecule has 2 rings (SSSR count). The number of benzene rings is 2. The summed E-state index contributed by atoms with van der Waals surface area (Å²) >= 11 is 0. The van der Waals surface area contributed by atoms with Gasteiger partial charge in [-0.05, 0) is 61.2 Å². The van der Waals surface area contributed by atoms with Crippen LogP contribution in [-0.2, 0) is 16.0 Å². The Morgan fingerprint density at radius 1 is 0.906 bits per heavy atom. The highest BCUT2D eigenvalue weighted by molar-refractivity contribution is 5.98. The molecule has 2 aromatic carbocycles. The van der Waals surface area contributed by atoms with E-state index in [4.69, 9.17) is 4.74 Å². The van der Waals surface area contributed by atoms with Crippen molar-refractivity contribution >= 4 is 23.4 Å². The summed E-state index contributed by atoms with van der Waals surface area (Å²) in [7, 11) is 1.57. The fourth-order valence-corrected chi connectivity index (χ4v) is 3.19. The molecule has 0 bridgehead atoms. The molecule has 172 valence electrons. The molecule has 0 aromatic heterocycles. The number of hydrogen-bond acceptors (Lipinski definition) is 4. The lowest BCUT2D eigenvalue weighted by molar-refractivity contribution is -0.124. The van der Waals surface area contributed by atoms with Crippen molar-refractivity contribution in [3.63, 3.8) is 0 Å². The molecule has 32 heavy (non-hydrogen) atoms. The van der Waals surface area contributed by atoms with Gasteiger partial charge in [-0.2, -0.15) is 0 Å². The van der Waals surface area contributed by atoms with Crippen molar-refractivity contribution < 1.29 is 19.1 Å². The number of unbranched alkanes of at least 4 members (excludes halogenated alkanes) is 1. The minimum atomic E-state index is -0.378. The van der Waals surface area contributed by atoms with E-state index in [0.717, 1.165) is 25.7 Å².